The first-order valence-corrected chi connectivity index (χ1v) is 5.75. The molecule has 0 saturated carbocycles. The van der Waals surface area contributed by atoms with Crippen molar-refractivity contribution in [1.82, 2.24) is 4.90 Å². The number of likely N-dealkylation sites (tertiary alicyclic amines) is 1. The van der Waals surface area contributed by atoms with Gasteiger partial charge in [-0.1, -0.05) is 0 Å². The van der Waals surface area contributed by atoms with Crippen LogP contribution in [0.25, 0.3) is 0 Å². The van der Waals surface area contributed by atoms with Gasteiger partial charge >= 0.3 is 5.97 Å². The summed E-state index contributed by atoms with van der Waals surface area (Å²) < 4.78 is 10.2. The molecule has 5 nitrogen and oxygen atoms in total. The fraction of sp³-hybridized carbons (Fsp3) is 0.583. The summed E-state index contributed by atoms with van der Waals surface area (Å²) in [5.41, 5.74) is 6.65. The smallest absolute Gasteiger partial charge is 0.374 e. The lowest BCUT2D eigenvalue weighted by Crippen LogP contribution is -2.26. The molecule has 94 valence electrons. The summed E-state index contributed by atoms with van der Waals surface area (Å²) in [5, 5.41) is 0. The van der Waals surface area contributed by atoms with Crippen molar-refractivity contribution >= 4 is 5.97 Å². The van der Waals surface area contributed by atoms with E-state index in [0.29, 0.717) is 12.3 Å². The van der Waals surface area contributed by atoms with Gasteiger partial charge in [-0.05, 0) is 19.4 Å². The summed E-state index contributed by atoms with van der Waals surface area (Å²) in [6.45, 7) is 4.41. The van der Waals surface area contributed by atoms with Crippen LogP contribution in [-0.2, 0) is 11.3 Å². The Morgan fingerprint density at radius 3 is 3.06 bits per heavy atom. The molecular formula is C12H18N2O3. The van der Waals surface area contributed by atoms with E-state index in [4.69, 9.17) is 10.2 Å². The molecule has 1 aromatic heterocycles. The lowest BCUT2D eigenvalue weighted by molar-refractivity contribution is 0.0560. The van der Waals surface area contributed by atoms with Gasteiger partial charge < -0.3 is 14.9 Å². The third kappa shape index (κ3) is 2.68. The zero-order chi connectivity index (χ0) is 12.4. The summed E-state index contributed by atoms with van der Waals surface area (Å²) in [6, 6.07) is 2.14. The van der Waals surface area contributed by atoms with Gasteiger partial charge in [-0.25, -0.2) is 4.79 Å². The predicted molar refractivity (Wildman–Crippen MR) is 62.7 cm³/mol. The number of hydrogen-bond donors (Lipinski definition) is 1. The standard InChI is InChI=1S/C12H18N2O3/c1-8-5-10(17-11(8)12(15)16-2)7-14-4-3-9(13)6-14/h5,9H,3-4,6-7,13H2,1-2H3. The van der Waals surface area contributed by atoms with Crippen LogP contribution in [0.4, 0.5) is 0 Å². The van der Waals surface area contributed by atoms with Crippen LogP contribution in [0, 0.1) is 6.92 Å². The lowest BCUT2D eigenvalue weighted by atomic mass is 10.2. The number of furan rings is 1. The van der Waals surface area contributed by atoms with Crippen molar-refractivity contribution in [2.24, 2.45) is 5.73 Å². The number of nitrogens with zero attached hydrogens (tertiary/aromatic N) is 1. The number of methoxy groups -OCH3 is 1. The first-order valence-electron chi connectivity index (χ1n) is 5.75. The van der Waals surface area contributed by atoms with Crippen LogP contribution in [0.2, 0.25) is 0 Å². The maximum absolute atomic E-state index is 11.4. The average molecular weight is 238 g/mol. The zero-order valence-electron chi connectivity index (χ0n) is 10.2. The van der Waals surface area contributed by atoms with Crippen LogP contribution in [0.3, 0.4) is 0 Å². The Balaban J connectivity index is 2.05. The zero-order valence-corrected chi connectivity index (χ0v) is 10.2. The maximum Gasteiger partial charge on any atom is 0.374 e. The van der Waals surface area contributed by atoms with E-state index in [1.807, 2.05) is 13.0 Å². The van der Waals surface area contributed by atoms with E-state index >= 15 is 0 Å². The summed E-state index contributed by atoms with van der Waals surface area (Å²) in [4.78, 5) is 13.6. The monoisotopic (exact) mass is 238 g/mol. The van der Waals surface area contributed by atoms with Gasteiger partial charge in [0.1, 0.15) is 5.76 Å². The van der Waals surface area contributed by atoms with Gasteiger partial charge in [-0.3, -0.25) is 4.90 Å². The van der Waals surface area contributed by atoms with E-state index in [9.17, 15) is 4.79 Å². The molecule has 1 aliphatic heterocycles. The minimum atomic E-state index is -0.424. The SMILES string of the molecule is COC(=O)c1oc(CN2CCC(N)C2)cc1C. The normalized spacial score (nSPS) is 20.8. The Kier molecular flexibility index (Phi) is 3.49. The Morgan fingerprint density at radius 1 is 1.71 bits per heavy atom. The highest BCUT2D eigenvalue weighted by atomic mass is 16.5. The van der Waals surface area contributed by atoms with Gasteiger partial charge in [-0.15, -0.1) is 0 Å². The molecule has 1 aromatic rings. The van der Waals surface area contributed by atoms with Crippen molar-refractivity contribution in [3.05, 3.63) is 23.2 Å². The lowest BCUT2D eigenvalue weighted by Gasteiger charge is -2.12. The number of rotatable bonds is 3. The fourth-order valence-electron chi connectivity index (χ4n) is 2.15. The second-order valence-corrected chi connectivity index (χ2v) is 4.50. The number of ether oxygens (including phenoxy) is 1. The second-order valence-electron chi connectivity index (χ2n) is 4.50. The Morgan fingerprint density at radius 2 is 2.47 bits per heavy atom. The van der Waals surface area contributed by atoms with Crippen LogP contribution < -0.4 is 5.73 Å². The molecule has 0 spiro atoms. The number of aryl methyl sites for hydroxylation is 1. The minimum Gasteiger partial charge on any atom is -0.463 e. The molecule has 1 fully saturated rings. The minimum absolute atomic E-state index is 0.256. The number of carbonyl (C=O) groups is 1. The van der Waals surface area contributed by atoms with Crippen LogP contribution in [0.1, 0.15) is 28.3 Å². The third-order valence-corrected chi connectivity index (χ3v) is 3.03. The molecule has 0 aromatic carbocycles. The van der Waals surface area contributed by atoms with E-state index in [0.717, 1.165) is 30.8 Å². The highest BCUT2D eigenvalue weighted by molar-refractivity contribution is 5.87. The molecule has 0 amide bonds. The van der Waals surface area contributed by atoms with Crippen LogP contribution in [0.15, 0.2) is 10.5 Å². The molecule has 1 aliphatic rings. The summed E-state index contributed by atoms with van der Waals surface area (Å²) in [7, 11) is 1.35. The molecule has 2 heterocycles. The van der Waals surface area contributed by atoms with Crippen LogP contribution >= 0.6 is 0 Å². The van der Waals surface area contributed by atoms with E-state index in [-0.39, 0.29) is 6.04 Å². The summed E-state index contributed by atoms with van der Waals surface area (Å²) in [5.74, 6) is 0.662. The van der Waals surface area contributed by atoms with Crippen molar-refractivity contribution in [3.63, 3.8) is 0 Å². The first-order chi connectivity index (χ1) is 8.10. The second kappa shape index (κ2) is 4.89. The van der Waals surface area contributed by atoms with Gasteiger partial charge in [0.2, 0.25) is 5.76 Å². The largest absolute Gasteiger partial charge is 0.463 e. The molecular weight excluding hydrogens is 220 g/mol. The highest BCUT2D eigenvalue weighted by Gasteiger charge is 2.22. The molecule has 0 bridgehead atoms. The van der Waals surface area contributed by atoms with Gasteiger partial charge in [0, 0.05) is 24.7 Å². The quantitative estimate of drug-likeness (QED) is 0.793. The van der Waals surface area contributed by atoms with E-state index in [1.165, 1.54) is 7.11 Å². The molecule has 0 aliphatic carbocycles. The van der Waals surface area contributed by atoms with Gasteiger partial charge in [0.25, 0.3) is 0 Å². The Hall–Kier alpha value is -1.33. The third-order valence-electron chi connectivity index (χ3n) is 3.03. The molecule has 1 unspecified atom stereocenters. The first kappa shape index (κ1) is 12.1. The maximum atomic E-state index is 11.4. The summed E-state index contributed by atoms with van der Waals surface area (Å²) >= 11 is 0. The average Bonchev–Trinajstić information content (AvgIpc) is 2.85. The van der Waals surface area contributed by atoms with Crippen LogP contribution in [-0.4, -0.2) is 37.1 Å². The fourth-order valence-corrected chi connectivity index (χ4v) is 2.15. The number of hydrogen-bond acceptors (Lipinski definition) is 5. The predicted octanol–water partition coefficient (Wildman–Crippen LogP) is 0.908. The number of carbonyl (C=O) groups excluding carboxylic acids is 1. The molecule has 5 heteroatoms. The molecule has 2 N–H and O–H groups in total. The van der Waals surface area contributed by atoms with Crippen molar-refractivity contribution in [2.75, 3.05) is 20.2 Å². The van der Waals surface area contributed by atoms with Gasteiger partial charge in [0.05, 0.1) is 13.7 Å². The van der Waals surface area contributed by atoms with E-state index in [2.05, 4.69) is 9.64 Å². The van der Waals surface area contributed by atoms with E-state index in [1.54, 1.807) is 0 Å². The molecule has 17 heavy (non-hydrogen) atoms. The molecule has 2 rings (SSSR count). The van der Waals surface area contributed by atoms with E-state index < -0.39 is 5.97 Å². The van der Waals surface area contributed by atoms with Crippen molar-refractivity contribution < 1.29 is 13.9 Å². The highest BCUT2D eigenvalue weighted by Crippen LogP contribution is 2.19. The number of nitrogens with two attached hydrogens (primary N) is 1. The van der Waals surface area contributed by atoms with Crippen LogP contribution in [0.5, 0.6) is 0 Å². The topological polar surface area (TPSA) is 68.7 Å². The Bertz CT molecular complexity index is 414. The molecule has 0 radical (unpaired) electrons. The number of esters is 1. The van der Waals surface area contributed by atoms with Crippen molar-refractivity contribution in [1.29, 1.82) is 0 Å². The Labute approximate surface area is 101 Å². The summed E-state index contributed by atoms with van der Waals surface area (Å²) in [6.07, 6.45) is 1.02. The van der Waals surface area contributed by atoms with Crippen molar-refractivity contribution in [2.45, 2.75) is 25.9 Å². The van der Waals surface area contributed by atoms with Crippen molar-refractivity contribution in [3.8, 4) is 0 Å². The molecule has 1 saturated heterocycles. The van der Waals surface area contributed by atoms with Gasteiger partial charge in [0.15, 0.2) is 0 Å². The van der Waals surface area contributed by atoms with Gasteiger partial charge in [-0.2, -0.15) is 0 Å². The molecule has 1 atom stereocenters.